The summed E-state index contributed by atoms with van der Waals surface area (Å²) in [5.41, 5.74) is 0. The molecule has 1 aliphatic heterocycles. The van der Waals surface area contributed by atoms with Crippen molar-refractivity contribution in [2.24, 2.45) is 0 Å². The van der Waals surface area contributed by atoms with E-state index in [0.717, 1.165) is 0 Å². The van der Waals surface area contributed by atoms with Gasteiger partial charge in [-0.25, -0.2) is 0 Å². The maximum Gasteiger partial charge on any atom is 0.281 e. The number of rotatable bonds is 6. The molecule has 1 heterocycles. The molecule has 1 unspecified atom stereocenters. The topological polar surface area (TPSA) is 59.1 Å². The molecule has 0 bridgehead atoms. The summed E-state index contributed by atoms with van der Waals surface area (Å²) in [5, 5.41) is -0.346. The van der Waals surface area contributed by atoms with Crippen LogP contribution in [0, 0.1) is 0 Å². The zero-order valence-electron chi connectivity index (χ0n) is 10.1. The SMILES string of the molecule is COCC(Cl)CN(C)S(=O)(=O)N1CCOCC1. The fourth-order valence-corrected chi connectivity index (χ4v) is 3.37. The van der Waals surface area contributed by atoms with Gasteiger partial charge < -0.3 is 9.47 Å². The molecule has 1 rings (SSSR count). The van der Waals surface area contributed by atoms with E-state index < -0.39 is 10.2 Å². The summed E-state index contributed by atoms with van der Waals surface area (Å²) in [4.78, 5) is 0. The van der Waals surface area contributed by atoms with Gasteiger partial charge in [0, 0.05) is 33.8 Å². The lowest BCUT2D eigenvalue weighted by Crippen LogP contribution is -2.48. The largest absolute Gasteiger partial charge is 0.383 e. The summed E-state index contributed by atoms with van der Waals surface area (Å²) < 4.78 is 36.9. The van der Waals surface area contributed by atoms with Crippen LogP contribution < -0.4 is 0 Å². The third kappa shape index (κ3) is 4.35. The summed E-state index contributed by atoms with van der Waals surface area (Å²) in [6, 6.07) is 0. The smallest absolute Gasteiger partial charge is 0.281 e. The third-order valence-corrected chi connectivity index (χ3v) is 4.71. The van der Waals surface area contributed by atoms with Gasteiger partial charge in [0.25, 0.3) is 10.2 Å². The Kier molecular flexibility index (Phi) is 6.11. The fourth-order valence-electron chi connectivity index (χ4n) is 1.58. The highest BCUT2D eigenvalue weighted by Crippen LogP contribution is 2.11. The highest BCUT2D eigenvalue weighted by molar-refractivity contribution is 7.86. The van der Waals surface area contributed by atoms with Gasteiger partial charge in [-0.3, -0.25) is 0 Å². The number of ether oxygens (including phenoxy) is 2. The second-order valence-corrected chi connectivity index (χ2v) is 6.50. The van der Waals surface area contributed by atoms with E-state index in [9.17, 15) is 8.42 Å². The van der Waals surface area contributed by atoms with Crippen LogP contribution in [0.25, 0.3) is 0 Å². The molecule has 0 aromatic rings. The molecule has 0 aromatic carbocycles. The first-order valence-corrected chi connectivity index (χ1v) is 7.24. The first-order valence-electron chi connectivity index (χ1n) is 5.40. The van der Waals surface area contributed by atoms with Crippen LogP contribution in [0.4, 0.5) is 0 Å². The van der Waals surface area contributed by atoms with Crippen LogP contribution in [0.3, 0.4) is 0 Å². The molecule has 0 saturated carbocycles. The Hall–Kier alpha value is 0.0800. The van der Waals surface area contributed by atoms with Crippen molar-refractivity contribution < 1.29 is 17.9 Å². The number of halogens is 1. The molecule has 0 spiro atoms. The van der Waals surface area contributed by atoms with Crippen molar-refractivity contribution in [3.63, 3.8) is 0 Å². The van der Waals surface area contributed by atoms with E-state index in [4.69, 9.17) is 21.1 Å². The lowest BCUT2D eigenvalue weighted by atomic mass is 10.4. The van der Waals surface area contributed by atoms with E-state index in [1.165, 1.54) is 22.8 Å². The van der Waals surface area contributed by atoms with Gasteiger partial charge in [0.05, 0.1) is 25.2 Å². The van der Waals surface area contributed by atoms with E-state index in [-0.39, 0.29) is 11.9 Å². The summed E-state index contributed by atoms with van der Waals surface area (Å²) in [5.74, 6) is 0. The summed E-state index contributed by atoms with van der Waals surface area (Å²) in [6.07, 6.45) is 0. The highest BCUT2D eigenvalue weighted by Gasteiger charge is 2.29. The van der Waals surface area contributed by atoms with E-state index in [2.05, 4.69) is 0 Å². The van der Waals surface area contributed by atoms with Gasteiger partial charge >= 0.3 is 0 Å². The van der Waals surface area contributed by atoms with E-state index in [0.29, 0.717) is 32.9 Å². The van der Waals surface area contributed by atoms with Gasteiger partial charge in [-0.2, -0.15) is 17.0 Å². The molecule has 0 amide bonds. The van der Waals surface area contributed by atoms with Crippen molar-refractivity contribution in [2.75, 3.05) is 53.6 Å². The molecule has 1 saturated heterocycles. The van der Waals surface area contributed by atoms with E-state index >= 15 is 0 Å². The zero-order chi connectivity index (χ0) is 12.9. The number of methoxy groups -OCH3 is 1. The number of alkyl halides is 1. The van der Waals surface area contributed by atoms with Crippen LogP contribution in [-0.4, -0.2) is 76.0 Å². The Morgan fingerprint density at radius 3 is 2.59 bits per heavy atom. The standard InChI is InChI=1S/C9H19ClN2O4S/c1-11(7-9(10)8-15-2)17(13,14)12-3-5-16-6-4-12/h9H,3-8H2,1-2H3. The first-order chi connectivity index (χ1) is 7.98. The predicted octanol–water partition coefficient (Wildman–Crippen LogP) is -0.251. The highest BCUT2D eigenvalue weighted by atomic mass is 35.5. The molecule has 0 radical (unpaired) electrons. The molecule has 1 atom stereocenters. The van der Waals surface area contributed by atoms with Gasteiger partial charge in [0.2, 0.25) is 0 Å². The normalized spacial score (nSPS) is 20.7. The van der Waals surface area contributed by atoms with Gasteiger partial charge in [0.1, 0.15) is 0 Å². The molecular weight excluding hydrogens is 268 g/mol. The van der Waals surface area contributed by atoms with Gasteiger partial charge in [-0.05, 0) is 0 Å². The quantitative estimate of drug-likeness (QED) is 0.632. The van der Waals surface area contributed by atoms with Crippen LogP contribution in [-0.2, 0) is 19.7 Å². The van der Waals surface area contributed by atoms with Gasteiger partial charge in [-0.15, -0.1) is 11.6 Å². The van der Waals surface area contributed by atoms with Crippen molar-refractivity contribution >= 4 is 21.8 Å². The molecule has 1 fully saturated rings. The minimum atomic E-state index is -3.43. The lowest BCUT2D eigenvalue weighted by Gasteiger charge is -2.30. The fraction of sp³-hybridized carbons (Fsp3) is 1.00. The third-order valence-electron chi connectivity index (χ3n) is 2.49. The van der Waals surface area contributed by atoms with Crippen LogP contribution in [0.1, 0.15) is 0 Å². The van der Waals surface area contributed by atoms with Crippen LogP contribution in [0.5, 0.6) is 0 Å². The Balaban J connectivity index is 2.56. The molecule has 0 N–H and O–H groups in total. The second-order valence-electron chi connectivity index (χ2n) is 3.85. The average molecular weight is 287 g/mol. The molecular formula is C9H19ClN2O4S. The molecule has 17 heavy (non-hydrogen) atoms. The maximum atomic E-state index is 12.1. The van der Waals surface area contributed by atoms with Gasteiger partial charge in [-0.1, -0.05) is 0 Å². The number of nitrogens with zero attached hydrogens (tertiary/aromatic N) is 2. The minimum absolute atomic E-state index is 0.231. The first kappa shape index (κ1) is 15.1. The summed E-state index contributed by atoms with van der Waals surface area (Å²) >= 11 is 5.95. The van der Waals surface area contributed by atoms with Crippen molar-refractivity contribution in [2.45, 2.75) is 5.38 Å². The second kappa shape index (κ2) is 6.86. The number of morpholine rings is 1. The van der Waals surface area contributed by atoms with Crippen molar-refractivity contribution in [3.8, 4) is 0 Å². The molecule has 102 valence electrons. The molecule has 8 heteroatoms. The van der Waals surface area contributed by atoms with Crippen molar-refractivity contribution in [1.82, 2.24) is 8.61 Å². The molecule has 0 aliphatic carbocycles. The Bertz CT molecular complexity index is 319. The van der Waals surface area contributed by atoms with Crippen LogP contribution >= 0.6 is 11.6 Å². The van der Waals surface area contributed by atoms with E-state index in [1.807, 2.05) is 0 Å². The monoisotopic (exact) mass is 286 g/mol. The molecule has 6 nitrogen and oxygen atoms in total. The molecule has 1 aliphatic rings. The maximum absolute atomic E-state index is 12.1. The summed E-state index contributed by atoms with van der Waals surface area (Å²) in [6.45, 7) is 2.22. The Morgan fingerprint density at radius 2 is 2.06 bits per heavy atom. The Morgan fingerprint density at radius 1 is 1.47 bits per heavy atom. The van der Waals surface area contributed by atoms with Crippen molar-refractivity contribution in [1.29, 1.82) is 0 Å². The number of hydrogen-bond donors (Lipinski definition) is 0. The molecule has 0 aromatic heterocycles. The zero-order valence-corrected chi connectivity index (χ0v) is 11.7. The lowest BCUT2D eigenvalue weighted by molar-refractivity contribution is 0.0705. The van der Waals surface area contributed by atoms with E-state index in [1.54, 1.807) is 0 Å². The van der Waals surface area contributed by atoms with Crippen molar-refractivity contribution in [3.05, 3.63) is 0 Å². The minimum Gasteiger partial charge on any atom is -0.383 e. The predicted molar refractivity (Wildman–Crippen MR) is 65.5 cm³/mol. The number of hydrogen-bond acceptors (Lipinski definition) is 4. The van der Waals surface area contributed by atoms with Crippen LogP contribution in [0.15, 0.2) is 0 Å². The Labute approximate surface area is 108 Å². The van der Waals surface area contributed by atoms with Crippen LogP contribution in [0.2, 0.25) is 0 Å². The summed E-state index contributed by atoms with van der Waals surface area (Å²) in [7, 11) is -0.372. The average Bonchev–Trinajstić information content (AvgIpc) is 2.30. The van der Waals surface area contributed by atoms with Gasteiger partial charge in [0.15, 0.2) is 0 Å².